The summed E-state index contributed by atoms with van der Waals surface area (Å²) in [5.74, 6) is 0.501. The number of thiocarbonyl (C=S) groups is 1. The molecule has 1 N–H and O–H groups in total. The molecule has 0 bridgehead atoms. The molecule has 2 amide bonds. The van der Waals surface area contributed by atoms with Gasteiger partial charge in [-0.05, 0) is 76.8 Å². The van der Waals surface area contributed by atoms with Crippen molar-refractivity contribution in [3.8, 4) is 11.5 Å². The van der Waals surface area contributed by atoms with Gasteiger partial charge in [-0.15, -0.1) is 11.8 Å². The Morgan fingerprint density at radius 2 is 1.64 bits per heavy atom. The second-order valence-corrected chi connectivity index (χ2v) is 9.96. The lowest BCUT2D eigenvalue weighted by atomic mass is 9.84. The summed E-state index contributed by atoms with van der Waals surface area (Å²) in [6.45, 7) is 0. The lowest BCUT2D eigenvalue weighted by Crippen LogP contribution is -2.54. The lowest BCUT2D eigenvalue weighted by Gasteiger charge is -2.29. The highest BCUT2D eigenvalue weighted by Gasteiger charge is 2.37. The van der Waals surface area contributed by atoms with Gasteiger partial charge < -0.3 is 4.74 Å². The van der Waals surface area contributed by atoms with Gasteiger partial charge in [0.15, 0.2) is 5.11 Å². The number of benzene rings is 3. The third kappa shape index (κ3) is 4.06. The summed E-state index contributed by atoms with van der Waals surface area (Å²) in [4.78, 5) is 27.7. The van der Waals surface area contributed by atoms with Crippen LogP contribution in [0, 0.1) is 5.92 Å². The summed E-state index contributed by atoms with van der Waals surface area (Å²) in [7, 11) is 0. The predicted octanol–water partition coefficient (Wildman–Crippen LogP) is 6.17. The zero-order valence-electron chi connectivity index (χ0n) is 19.0. The zero-order chi connectivity index (χ0) is 24.6. The first-order valence-corrected chi connectivity index (χ1v) is 12.8. The Bertz CT molecular complexity index is 1480. The number of hydrogen-bond acceptors (Lipinski definition) is 5. The molecule has 3 aromatic carbocycles. The van der Waals surface area contributed by atoms with Gasteiger partial charge in [-0.3, -0.25) is 19.8 Å². The number of amides is 2. The number of carbonyl (C=O) groups is 2. The number of fused-ring (bicyclic) bond motifs is 3. The quantitative estimate of drug-likeness (QED) is 0.260. The molecule has 0 aromatic heterocycles. The Hall–Kier alpha value is -3.94. The van der Waals surface area contributed by atoms with Gasteiger partial charge in [0.05, 0.1) is 5.69 Å². The normalized spacial score (nSPS) is 21.7. The molecule has 36 heavy (non-hydrogen) atoms. The number of nitrogens with one attached hydrogen (secondary N) is 1. The van der Waals surface area contributed by atoms with E-state index in [0.717, 1.165) is 5.57 Å². The van der Waals surface area contributed by atoms with Crippen LogP contribution in [0.1, 0.15) is 16.4 Å². The molecule has 0 spiro atoms. The van der Waals surface area contributed by atoms with E-state index < -0.39 is 11.8 Å². The van der Waals surface area contributed by atoms with Gasteiger partial charge in [0.1, 0.15) is 17.1 Å². The van der Waals surface area contributed by atoms with Gasteiger partial charge in [-0.25, -0.2) is 0 Å². The molecule has 1 fully saturated rings. The first-order valence-electron chi connectivity index (χ1n) is 11.5. The molecule has 176 valence electrons. The second-order valence-electron chi connectivity index (χ2n) is 8.56. The van der Waals surface area contributed by atoms with E-state index in [4.69, 9.17) is 17.0 Å². The van der Waals surface area contributed by atoms with E-state index in [9.17, 15) is 9.59 Å². The topological polar surface area (TPSA) is 58.6 Å². The molecular weight excluding hydrogens is 488 g/mol. The van der Waals surface area contributed by atoms with Gasteiger partial charge in [0.25, 0.3) is 11.8 Å². The number of rotatable bonds is 4. The van der Waals surface area contributed by atoms with Crippen molar-refractivity contribution >= 4 is 52.7 Å². The number of hydrogen-bond donors (Lipinski definition) is 1. The maximum Gasteiger partial charge on any atom is 0.270 e. The first-order chi connectivity index (χ1) is 17.6. The van der Waals surface area contributed by atoms with Crippen LogP contribution in [0.2, 0.25) is 0 Å². The maximum absolute atomic E-state index is 13.5. The van der Waals surface area contributed by atoms with Crippen molar-refractivity contribution in [1.29, 1.82) is 0 Å². The van der Waals surface area contributed by atoms with E-state index in [-0.39, 0.29) is 21.9 Å². The molecule has 0 radical (unpaired) electrons. The third-order valence-corrected chi connectivity index (χ3v) is 7.87. The number of anilines is 1. The average Bonchev–Trinajstić information content (AvgIpc) is 3.31. The summed E-state index contributed by atoms with van der Waals surface area (Å²) in [6.07, 6.45) is 5.96. The van der Waals surface area contributed by atoms with Gasteiger partial charge in [0.2, 0.25) is 0 Å². The average molecular weight is 509 g/mol. The highest BCUT2D eigenvalue weighted by molar-refractivity contribution is 8.02. The fraction of sp³-hybridized carbons (Fsp3) is 0.0690. The number of nitrogens with zero attached hydrogens (tertiary/aromatic N) is 1. The van der Waals surface area contributed by atoms with Gasteiger partial charge in [0, 0.05) is 11.2 Å². The molecule has 5 nitrogen and oxygen atoms in total. The van der Waals surface area contributed by atoms with Crippen molar-refractivity contribution in [2.75, 3.05) is 4.90 Å². The molecule has 1 saturated heterocycles. The Labute approximate surface area is 218 Å². The minimum atomic E-state index is -0.486. The van der Waals surface area contributed by atoms with Crippen molar-refractivity contribution in [3.63, 3.8) is 0 Å². The molecule has 3 aliphatic rings. The summed E-state index contributed by atoms with van der Waals surface area (Å²) < 4.78 is 5.84. The smallest absolute Gasteiger partial charge is 0.270 e. The highest BCUT2D eigenvalue weighted by atomic mass is 32.2. The number of allylic oxidation sites excluding steroid dienone is 3. The predicted molar refractivity (Wildman–Crippen MR) is 147 cm³/mol. The van der Waals surface area contributed by atoms with E-state index in [2.05, 4.69) is 29.6 Å². The molecule has 2 aliphatic heterocycles. The van der Waals surface area contributed by atoms with Crippen LogP contribution in [0.15, 0.2) is 108 Å². The minimum absolute atomic E-state index is 0.0537. The van der Waals surface area contributed by atoms with Gasteiger partial charge in [-0.2, -0.15) is 0 Å². The molecule has 2 unspecified atom stereocenters. The summed E-state index contributed by atoms with van der Waals surface area (Å²) in [6, 6.07) is 24.8. The largest absolute Gasteiger partial charge is 0.457 e. The van der Waals surface area contributed by atoms with Crippen molar-refractivity contribution in [3.05, 3.63) is 119 Å². The van der Waals surface area contributed by atoms with Crippen molar-refractivity contribution in [2.24, 2.45) is 5.92 Å². The van der Waals surface area contributed by atoms with Crippen molar-refractivity contribution < 1.29 is 14.3 Å². The molecule has 0 saturated carbocycles. The van der Waals surface area contributed by atoms with Crippen LogP contribution in [-0.2, 0) is 9.59 Å². The Morgan fingerprint density at radius 3 is 2.44 bits per heavy atom. The van der Waals surface area contributed by atoms with Gasteiger partial charge >= 0.3 is 0 Å². The Kier molecular flexibility index (Phi) is 5.79. The van der Waals surface area contributed by atoms with Crippen LogP contribution < -0.4 is 15.0 Å². The number of para-hydroxylation sites is 1. The maximum atomic E-state index is 13.5. The van der Waals surface area contributed by atoms with E-state index >= 15 is 0 Å². The van der Waals surface area contributed by atoms with Crippen LogP contribution in [0.25, 0.3) is 6.08 Å². The van der Waals surface area contributed by atoms with Crippen LogP contribution in [-0.4, -0.2) is 16.9 Å². The van der Waals surface area contributed by atoms with Crippen LogP contribution >= 0.6 is 24.0 Å². The fourth-order valence-electron chi connectivity index (χ4n) is 4.57. The highest BCUT2D eigenvalue weighted by Crippen LogP contribution is 2.51. The monoisotopic (exact) mass is 508 g/mol. The number of thioether (sulfide) groups is 1. The second kappa shape index (κ2) is 9.26. The Morgan fingerprint density at radius 1 is 0.917 bits per heavy atom. The van der Waals surface area contributed by atoms with E-state index in [1.54, 1.807) is 42.1 Å². The molecule has 1 aliphatic carbocycles. The van der Waals surface area contributed by atoms with Crippen molar-refractivity contribution in [1.82, 2.24) is 5.32 Å². The zero-order valence-corrected chi connectivity index (χ0v) is 20.6. The van der Waals surface area contributed by atoms with Crippen LogP contribution in [0.5, 0.6) is 11.5 Å². The first kappa shape index (κ1) is 22.5. The molecule has 7 heteroatoms. The molecule has 3 aromatic rings. The van der Waals surface area contributed by atoms with E-state index in [1.807, 2.05) is 47.9 Å². The molecule has 6 rings (SSSR count). The van der Waals surface area contributed by atoms with Crippen LogP contribution in [0.4, 0.5) is 5.69 Å². The summed E-state index contributed by atoms with van der Waals surface area (Å²) in [5, 5.41) is 5.00. The summed E-state index contributed by atoms with van der Waals surface area (Å²) >= 11 is 7.07. The van der Waals surface area contributed by atoms with Crippen molar-refractivity contribution in [2.45, 2.75) is 5.25 Å². The minimum Gasteiger partial charge on any atom is -0.457 e. The lowest BCUT2D eigenvalue weighted by molar-refractivity contribution is -0.122. The molecule has 2 atom stereocenters. The van der Waals surface area contributed by atoms with Crippen LogP contribution in [0.3, 0.4) is 0 Å². The fourth-order valence-corrected chi connectivity index (χ4v) is 6.16. The SMILES string of the molecule is O=C1NC(=S)N(c2ccc(Oc3ccccc3)cc2)C(=O)C1=CC1=CSC2c3ccccc3C=CC12. The Balaban J connectivity index is 1.25. The number of ether oxygens (including phenoxy) is 1. The van der Waals surface area contributed by atoms with E-state index in [1.165, 1.54) is 16.0 Å². The van der Waals surface area contributed by atoms with Gasteiger partial charge in [-0.1, -0.05) is 54.6 Å². The van der Waals surface area contributed by atoms with E-state index in [0.29, 0.717) is 17.2 Å². The third-order valence-electron chi connectivity index (χ3n) is 6.33. The molecular formula is C29H20N2O3S2. The summed E-state index contributed by atoms with van der Waals surface area (Å²) in [5.41, 5.74) is 4.02. The number of carbonyl (C=O) groups excluding carboxylic acids is 2. The molecule has 2 heterocycles. The standard InChI is InChI=1S/C29H20N2O3S2/c32-27-25(16-19-17-36-26-23-9-5-4-6-18(23)10-15-24(19)26)28(33)31(29(35)30-27)20-11-13-22(14-12-20)34-21-7-2-1-3-8-21/h1-17,24,26H,(H,30,32,35).